The monoisotopic (exact) mass is 447 g/mol. The molecule has 0 saturated carbocycles. The van der Waals surface area contributed by atoms with Gasteiger partial charge in [0.25, 0.3) is 5.91 Å². The van der Waals surface area contributed by atoms with Gasteiger partial charge in [-0.05, 0) is 42.8 Å². The van der Waals surface area contributed by atoms with E-state index in [-0.39, 0.29) is 5.91 Å². The summed E-state index contributed by atoms with van der Waals surface area (Å²) >= 11 is 11.4. The lowest BCUT2D eigenvalue weighted by Crippen LogP contribution is -2.16. The zero-order chi connectivity index (χ0) is 18.3. The molecule has 2 aromatic carbocycles. The molecule has 1 aromatic heterocycles. The summed E-state index contributed by atoms with van der Waals surface area (Å²) in [4.78, 5) is 12.9. The summed E-state index contributed by atoms with van der Waals surface area (Å²) in [5.41, 5.74) is 4.60. The summed E-state index contributed by atoms with van der Waals surface area (Å²) in [5.74, 6) is 2.17. The summed E-state index contributed by atoms with van der Waals surface area (Å²) < 4.78 is 2.63. The van der Waals surface area contributed by atoms with E-state index in [4.69, 9.17) is 16.7 Å². The standard InChI is InChI=1S/C19H15BrClN3OS/c1-11-3-2-4-13(7-11)24-18(15-9-26-10-17(15)23-24)22-19(25)14-8-12(20)5-6-16(14)21/h2-8H,9-10H2,1H3,(H,22,25). The van der Waals surface area contributed by atoms with Crippen LogP contribution in [0.25, 0.3) is 5.69 Å². The van der Waals surface area contributed by atoms with Gasteiger partial charge >= 0.3 is 0 Å². The molecule has 0 unspecified atom stereocenters. The molecule has 1 aliphatic heterocycles. The maximum Gasteiger partial charge on any atom is 0.258 e. The molecule has 2 heterocycles. The fourth-order valence-electron chi connectivity index (χ4n) is 2.93. The van der Waals surface area contributed by atoms with Crippen molar-refractivity contribution in [2.45, 2.75) is 18.4 Å². The molecule has 7 heteroatoms. The van der Waals surface area contributed by atoms with Gasteiger partial charge in [0.2, 0.25) is 0 Å². The molecule has 132 valence electrons. The molecule has 1 N–H and O–H groups in total. The van der Waals surface area contributed by atoms with Crippen molar-refractivity contribution in [1.29, 1.82) is 0 Å². The maximum atomic E-state index is 12.9. The van der Waals surface area contributed by atoms with Gasteiger partial charge in [-0.1, -0.05) is 39.7 Å². The predicted octanol–water partition coefficient (Wildman–Crippen LogP) is 5.60. The molecule has 0 radical (unpaired) electrons. The first kappa shape index (κ1) is 17.6. The van der Waals surface area contributed by atoms with Crippen LogP contribution in [0.3, 0.4) is 0 Å². The Balaban J connectivity index is 1.76. The van der Waals surface area contributed by atoms with Crippen molar-refractivity contribution in [2.75, 3.05) is 5.32 Å². The number of rotatable bonds is 3. The van der Waals surface area contributed by atoms with Crippen molar-refractivity contribution in [1.82, 2.24) is 9.78 Å². The summed E-state index contributed by atoms with van der Waals surface area (Å²) in [6.07, 6.45) is 0. The Labute approximate surface area is 169 Å². The van der Waals surface area contributed by atoms with Crippen molar-refractivity contribution >= 4 is 51.0 Å². The Morgan fingerprint density at radius 2 is 2.12 bits per heavy atom. The average molecular weight is 449 g/mol. The van der Waals surface area contributed by atoms with Gasteiger partial charge in [-0.25, -0.2) is 4.68 Å². The van der Waals surface area contributed by atoms with Crippen LogP contribution < -0.4 is 5.32 Å². The highest BCUT2D eigenvalue weighted by Crippen LogP contribution is 2.36. The van der Waals surface area contributed by atoms with Crippen LogP contribution in [0.15, 0.2) is 46.9 Å². The minimum absolute atomic E-state index is 0.246. The van der Waals surface area contributed by atoms with Crippen molar-refractivity contribution in [3.63, 3.8) is 0 Å². The summed E-state index contributed by atoms with van der Waals surface area (Å²) in [6.45, 7) is 2.04. The molecule has 1 amide bonds. The Morgan fingerprint density at radius 1 is 1.27 bits per heavy atom. The number of fused-ring (bicyclic) bond motifs is 1. The number of hydrogen-bond donors (Lipinski definition) is 1. The quantitative estimate of drug-likeness (QED) is 0.567. The van der Waals surface area contributed by atoms with Crippen LogP contribution >= 0.6 is 39.3 Å². The second kappa shape index (κ2) is 7.10. The second-order valence-electron chi connectivity index (χ2n) is 6.10. The highest BCUT2D eigenvalue weighted by molar-refractivity contribution is 9.10. The summed E-state index contributed by atoms with van der Waals surface area (Å²) in [6, 6.07) is 13.3. The summed E-state index contributed by atoms with van der Waals surface area (Å²) in [5, 5.41) is 8.18. The van der Waals surface area contributed by atoms with Gasteiger partial charge in [0, 0.05) is 21.5 Å². The number of anilines is 1. The average Bonchev–Trinajstić information content (AvgIpc) is 3.19. The fraction of sp³-hybridized carbons (Fsp3) is 0.158. The smallest absolute Gasteiger partial charge is 0.258 e. The van der Waals surface area contributed by atoms with E-state index in [1.165, 1.54) is 0 Å². The van der Waals surface area contributed by atoms with E-state index >= 15 is 0 Å². The number of aromatic nitrogens is 2. The zero-order valence-electron chi connectivity index (χ0n) is 13.9. The van der Waals surface area contributed by atoms with Crippen LogP contribution in [0.5, 0.6) is 0 Å². The number of nitrogens with one attached hydrogen (secondary N) is 1. The number of amides is 1. The van der Waals surface area contributed by atoms with Gasteiger partial charge in [0.05, 0.1) is 22.0 Å². The normalized spacial score (nSPS) is 12.9. The molecule has 1 aliphatic rings. The van der Waals surface area contributed by atoms with Crippen molar-refractivity contribution in [3.8, 4) is 5.69 Å². The first-order valence-corrected chi connectivity index (χ1v) is 10.4. The third-order valence-electron chi connectivity index (χ3n) is 4.20. The zero-order valence-corrected chi connectivity index (χ0v) is 17.1. The van der Waals surface area contributed by atoms with Gasteiger partial charge in [-0.2, -0.15) is 16.9 Å². The van der Waals surface area contributed by atoms with Crippen LogP contribution in [-0.2, 0) is 11.5 Å². The highest BCUT2D eigenvalue weighted by Gasteiger charge is 2.25. The first-order valence-electron chi connectivity index (χ1n) is 8.05. The van der Waals surface area contributed by atoms with Gasteiger partial charge in [0.1, 0.15) is 5.82 Å². The third-order valence-corrected chi connectivity index (χ3v) is 6.00. The molecule has 4 rings (SSSR count). The largest absolute Gasteiger partial charge is 0.306 e. The molecule has 0 spiro atoms. The van der Waals surface area contributed by atoms with Gasteiger partial charge in [-0.15, -0.1) is 0 Å². The Hall–Kier alpha value is -1.76. The molecule has 0 atom stereocenters. The molecular weight excluding hydrogens is 434 g/mol. The molecular formula is C19H15BrClN3OS. The lowest BCUT2D eigenvalue weighted by molar-refractivity contribution is 0.102. The van der Waals surface area contributed by atoms with E-state index in [2.05, 4.69) is 27.3 Å². The Morgan fingerprint density at radius 3 is 2.92 bits per heavy atom. The van der Waals surface area contributed by atoms with E-state index in [9.17, 15) is 4.79 Å². The second-order valence-corrected chi connectivity index (χ2v) is 8.40. The topological polar surface area (TPSA) is 46.9 Å². The van der Waals surface area contributed by atoms with Crippen LogP contribution in [0.1, 0.15) is 27.2 Å². The van der Waals surface area contributed by atoms with E-state index < -0.39 is 0 Å². The van der Waals surface area contributed by atoms with Crippen LogP contribution in [-0.4, -0.2) is 15.7 Å². The maximum absolute atomic E-state index is 12.9. The molecule has 4 nitrogen and oxygen atoms in total. The van der Waals surface area contributed by atoms with Crippen molar-refractivity contribution in [2.24, 2.45) is 0 Å². The highest BCUT2D eigenvalue weighted by atomic mass is 79.9. The SMILES string of the molecule is Cc1cccc(-n2nc3c(c2NC(=O)c2cc(Br)ccc2Cl)CSC3)c1. The number of hydrogen-bond acceptors (Lipinski definition) is 3. The Bertz CT molecular complexity index is 1020. The number of aryl methyl sites for hydroxylation is 1. The fourth-order valence-corrected chi connectivity index (χ4v) is 4.53. The summed E-state index contributed by atoms with van der Waals surface area (Å²) in [7, 11) is 0. The Kier molecular flexibility index (Phi) is 4.82. The van der Waals surface area contributed by atoms with Crippen LogP contribution in [0.2, 0.25) is 5.02 Å². The molecule has 0 saturated heterocycles. The van der Waals surface area contributed by atoms with E-state index in [0.29, 0.717) is 10.6 Å². The lowest BCUT2D eigenvalue weighted by Gasteiger charge is -2.12. The number of thioether (sulfide) groups is 1. The predicted molar refractivity (Wildman–Crippen MR) is 110 cm³/mol. The number of carbonyl (C=O) groups is 1. The number of benzene rings is 2. The van der Waals surface area contributed by atoms with E-state index in [0.717, 1.165) is 44.3 Å². The third kappa shape index (κ3) is 3.29. The molecule has 0 aliphatic carbocycles. The molecule has 26 heavy (non-hydrogen) atoms. The lowest BCUT2D eigenvalue weighted by atomic mass is 10.2. The minimum Gasteiger partial charge on any atom is -0.306 e. The molecule has 3 aromatic rings. The first-order chi connectivity index (χ1) is 12.5. The molecule has 0 bridgehead atoms. The van der Waals surface area contributed by atoms with Gasteiger partial charge in [-0.3, -0.25) is 4.79 Å². The van der Waals surface area contributed by atoms with Crippen molar-refractivity contribution in [3.05, 3.63) is 74.3 Å². The van der Waals surface area contributed by atoms with Crippen LogP contribution in [0.4, 0.5) is 5.82 Å². The van der Waals surface area contributed by atoms with E-state index in [1.54, 1.807) is 23.9 Å². The van der Waals surface area contributed by atoms with Gasteiger partial charge < -0.3 is 5.32 Å². The molecule has 0 fully saturated rings. The number of halogens is 2. The van der Waals surface area contributed by atoms with Gasteiger partial charge in [0.15, 0.2) is 0 Å². The van der Waals surface area contributed by atoms with E-state index in [1.807, 2.05) is 35.9 Å². The van der Waals surface area contributed by atoms with Crippen LogP contribution in [0, 0.1) is 6.92 Å². The minimum atomic E-state index is -0.246. The number of carbonyl (C=O) groups excluding carboxylic acids is 1. The number of nitrogens with zero attached hydrogens (tertiary/aromatic N) is 2. The van der Waals surface area contributed by atoms with Crippen molar-refractivity contribution < 1.29 is 4.79 Å².